The van der Waals surface area contributed by atoms with E-state index in [0.29, 0.717) is 24.1 Å². The van der Waals surface area contributed by atoms with Crippen LogP contribution in [0.4, 0.5) is 41.1 Å². The predicted molar refractivity (Wildman–Crippen MR) is 117 cm³/mol. The summed E-state index contributed by atoms with van der Waals surface area (Å²) < 4.78 is 52.1. The first-order valence-corrected chi connectivity index (χ1v) is 9.81. The summed E-state index contributed by atoms with van der Waals surface area (Å²) in [4.78, 5) is 22.7. The Bertz CT molecular complexity index is 1110. The molecule has 0 aliphatic rings. The molecule has 3 rings (SSSR count). The number of urea groups is 1. The number of halogens is 3. The Kier molecular flexibility index (Phi) is 7.67. The number of hydrogen-bond donors (Lipinski definition) is 2. The van der Waals surface area contributed by atoms with E-state index in [4.69, 9.17) is 9.47 Å². The average molecular weight is 461 g/mol. The van der Waals surface area contributed by atoms with Crippen LogP contribution >= 0.6 is 0 Å². The fourth-order valence-corrected chi connectivity index (χ4v) is 2.94. The van der Waals surface area contributed by atoms with Crippen molar-refractivity contribution in [3.63, 3.8) is 0 Å². The van der Waals surface area contributed by atoms with Crippen LogP contribution in [0.25, 0.3) is 0 Å². The first kappa shape index (κ1) is 23.8. The Morgan fingerprint density at radius 2 is 1.76 bits per heavy atom. The van der Waals surface area contributed by atoms with Crippen molar-refractivity contribution >= 4 is 29.2 Å². The lowest BCUT2D eigenvalue weighted by Gasteiger charge is -2.23. The highest BCUT2D eigenvalue weighted by Gasteiger charge is 2.24. The third-order valence-corrected chi connectivity index (χ3v) is 4.47. The standard InChI is InChI=1S/C22H22F3N5O3/c1-13(12-32-2)27-21-26-11-10-18(28-21)30(14-4-6-15(33-3)7-5-14)22(31)29-20-17(24)9-8-16(23)19(20)25/h4-11,13H,12H2,1-3H3,(H,29,31)(H,26,27,28)/t13-/m0/s1. The molecule has 2 N–H and O–H groups in total. The Morgan fingerprint density at radius 1 is 1.06 bits per heavy atom. The lowest BCUT2D eigenvalue weighted by molar-refractivity contribution is 0.190. The van der Waals surface area contributed by atoms with Crippen molar-refractivity contribution in [2.45, 2.75) is 13.0 Å². The Labute approximate surface area is 188 Å². The van der Waals surface area contributed by atoms with Gasteiger partial charge in [0.2, 0.25) is 5.95 Å². The molecule has 174 valence electrons. The summed E-state index contributed by atoms with van der Waals surface area (Å²) >= 11 is 0. The molecule has 33 heavy (non-hydrogen) atoms. The van der Waals surface area contributed by atoms with Gasteiger partial charge in [0.1, 0.15) is 23.1 Å². The Balaban J connectivity index is 2.00. The molecule has 0 spiro atoms. The zero-order chi connectivity index (χ0) is 24.0. The van der Waals surface area contributed by atoms with Crippen LogP contribution in [0, 0.1) is 17.5 Å². The number of rotatable bonds is 8. The first-order chi connectivity index (χ1) is 15.8. The minimum Gasteiger partial charge on any atom is -0.497 e. The summed E-state index contributed by atoms with van der Waals surface area (Å²) in [5.41, 5.74) is -0.611. The van der Waals surface area contributed by atoms with E-state index in [1.165, 1.54) is 19.4 Å². The molecule has 0 saturated carbocycles. The molecule has 1 atom stereocenters. The molecule has 0 bridgehead atoms. The van der Waals surface area contributed by atoms with Crippen LogP contribution in [0.5, 0.6) is 5.75 Å². The maximum absolute atomic E-state index is 14.2. The second-order valence-corrected chi connectivity index (χ2v) is 6.92. The van der Waals surface area contributed by atoms with Gasteiger partial charge < -0.3 is 20.1 Å². The number of hydrogen-bond acceptors (Lipinski definition) is 6. The highest BCUT2D eigenvalue weighted by molar-refractivity contribution is 6.06. The second-order valence-electron chi connectivity index (χ2n) is 6.92. The van der Waals surface area contributed by atoms with Gasteiger partial charge in [0, 0.05) is 25.4 Å². The first-order valence-electron chi connectivity index (χ1n) is 9.81. The van der Waals surface area contributed by atoms with Gasteiger partial charge in [-0.2, -0.15) is 4.98 Å². The smallest absolute Gasteiger partial charge is 0.332 e. The number of anilines is 4. The summed E-state index contributed by atoms with van der Waals surface area (Å²) in [5, 5.41) is 5.12. The van der Waals surface area contributed by atoms with Crippen LogP contribution in [-0.2, 0) is 4.74 Å². The Hall–Kier alpha value is -3.86. The van der Waals surface area contributed by atoms with E-state index >= 15 is 0 Å². The van der Waals surface area contributed by atoms with Crippen LogP contribution in [0.1, 0.15) is 6.92 Å². The Morgan fingerprint density at radius 3 is 2.42 bits per heavy atom. The SMILES string of the molecule is COC[C@H](C)Nc1nccc(N(C(=O)Nc2c(F)ccc(F)c2F)c2ccc(OC)cc2)n1. The molecule has 0 radical (unpaired) electrons. The van der Waals surface area contributed by atoms with Gasteiger partial charge in [-0.15, -0.1) is 0 Å². The van der Waals surface area contributed by atoms with Crippen molar-refractivity contribution in [2.24, 2.45) is 0 Å². The average Bonchev–Trinajstić information content (AvgIpc) is 2.80. The summed E-state index contributed by atoms with van der Waals surface area (Å²) in [6, 6.07) is 7.98. The summed E-state index contributed by atoms with van der Waals surface area (Å²) in [6.07, 6.45) is 1.41. The molecular formula is C22H22F3N5O3. The molecule has 0 unspecified atom stereocenters. The number of methoxy groups -OCH3 is 2. The predicted octanol–water partition coefficient (Wildman–Crippen LogP) is 4.72. The zero-order valence-electron chi connectivity index (χ0n) is 18.1. The molecule has 0 fully saturated rings. The number of aromatic nitrogens is 2. The second kappa shape index (κ2) is 10.6. The largest absolute Gasteiger partial charge is 0.497 e. The minimum absolute atomic E-state index is 0.0944. The van der Waals surface area contributed by atoms with Gasteiger partial charge in [0.05, 0.1) is 19.4 Å². The molecule has 1 aromatic heterocycles. The number of carbonyl (C=O) groups excluding carboxylic acids is 1. The van der Waals surface area contributed by atoms with Crippen molar-refractivity contribution < 1.29 is 27.4 Å². The number of nitrogens with one attached hydrogen (secondary N) is 2. The number of carbonyl (C=O) groups is 1. The summed E-state index contributed by atoms with van der Waals surface area (Å²) in [6.45, 7) is 2.23. The third-order valence-electron chi connectivity index (χ3n) is 4.47. The molecular weight excluding hydrogens is 439 g/mol. The van der Waals surface area contributed by atoms with Gasteiger partial charge in [-0.1, -0.05) is 0 Å². The van der Waals surface area contributed by atoms with Gasteiger partial charge in [0.15, 0.2) is 11.6 Å². The van der Waals surface area contributed by atoms with Crippen molar-refractivity contribution in [3.05, 3.63) is 66.1 Å². The topological polar surface area (TPSA) is 88.6 Å². The molecule has 2 aromatic carbocycles. The molecule has 3 aromatic rings. The van der Waals surface area contributed by atoms with Crippen molar-refractivity contribution in [1.29, 1.82) is 0 Å². The maximum atomic E-state index is 14.2. The lowest BCUT2D eigenvalue weighted by atomic mass is 10.2. The van der Waals surface area contributed by atoms with Gasteiger partial charge in [0.25, 0.3) is 0 Å². The molecule has 0 saturated heterocycles. The molecule has 1 heterocycles. The van der Waals surface area contributed by atoms with Gasteiger partial charge in [-0.25, -0.2) is 27.8 Å². The number of nitrogens with zero attached hydrogens (tertiary/aromatic N) is 3. The third kappa shape index (κ3) is 5.69. The van der Waals surface area contributed by atoms with Crippen LogP contribution in [-0.4, -0.2) is 42.9 Å². The maximum Gasteiger partial charge on any atom is 0.332 e. The minimum atomic E-state index is -1.52. The number of ether oxygens (including phenoxy) is 2. The van der Waals surface area contributed by atoms with E-state index in [-0.39, 0.29) is 17.8 Å². The van der Waals surface area contributed by atoms with E-state index in [2.05, 4.69) is 20.6 Å². The number of benzene rings is 2. The van der Waals surface area contributed by atoms with Crippen molar-refractivity contribution in [3.8, 4) is 5.75 Å². The molecule has 2 amide bonds. The lowest BCUT2D eigenvalue weighted by Crippen LogP contribution is -2.32. The van der Waals surface area contributed by atoms with Gasteiger partial charge in [-0.05, 0) is 43.3 Å². The fraction of sp³-hybridized carbons (Fsp3) is 0.227. The van der Waals surface area contributed by atoms with Crippen LogP contribution in [0.2, 0.25) is 0 Å². The van der Waals surface area contributed by atoms with Gasteiger partial charge >= 0.3 is 6.03 Å². The highest BCUT2D eigenvalue weighted by Crippen LogP contribution is 2.29. The van der Waals surface area contributed by atoms with Crippen molar-refractivity contribution in [1.82, 2.24) is 9.97 Å². The zero-order valence-corrected chi connectivity index (χ0v) is 18.1. The number of amides is 2. The van der Waals surface area contributed by atoms with E-state index in [1.54, 1.807) is 31.4 Å². The van der Waals surface area contributed by atoms with Gasteiger partial charge in [-0.3, -0.25) is 0 Å². The molecule has 8 nitrogen and oxygen atoms in total. The summed E-state index contributed by atoms with van der Waals surface area (Å²) in [5.74, 6) is -3.13. The van der Waals surface area contributed by atoms with E-state index in [9.17, 15) is 18.0 Å². The normalized spacial score (nSPS) is 11.6. The summed E-state index contributed by atoms with van der Waals surface area (Å²) in [7, 11) is 3.04. The van der Waals surface area contributed by atoms with Crippen LogP contribution in [0.15, 0.2) is 48.7 Å². The molecule has 0 aliphatic carbocycles. The quantitative estimate of drug-likeness (QED) is 0.472. The van der Waals surface area contributed by atoms with E-state index in [1.807, 2.05) is 6.92 Å². The fourth-order valence-electron chi connectivity index (χ4n) is 2.94. The van der Waals surface area contributed by atoms with Crippen LogP contribution in [0.3, 0.4) is 0 Å². The van der Waals surface area contributed by atoms with Crippen molar-refractivity contribution in [2.75, 3.05) is 36.4 Å². The molecule has 0 aliphatic heterocycles. The monoisotopic (exact) mass is 461 g/mol. The van der Waals surface area contributed by atoms with E-state index < -0.39 is 29.2 Å². The molecule has 11 heteroatoms. The van der Waals surface area contributed by atoms with E-state index in [0.717, 1.165) is 11.0 Å². The highest BCUT2D eigenvalue weighted by atomic mass is 19.2. The van der Waals surface area contributed by atoms with Crippen LogP contribution < -0.4 is 20.3 Å².